The number of amides is 2. The van der Waals surface area contributed by atoms with Gasteiger partial charge in [-0.25, -0.2) is 4.39 Å². The number of hydrogen-bond acceptors (Lipinski definition) is 2. The number of anilines is 2. The monoisotopic (exact) mass is 272 g/mol. The van der Waals surface area contributed by atoms with E-state index in [-0.39, 0.29) is 11.6 Å². The molecule has 2 amide bonds. The van der Waals surface area contributed by atoms with Crippen molar-refractivity contribution in [3.63, 3.8) is 0 Å². The van der Waals surface area contributed by atoms with Gasteiger partial charge in [0, 0.05) is 18.2 Å². The van der Waals surface area contributed by atoms with Crippen LogP contribution in [-0.2, 0) is 4.79 Å². The van der Waals surface area contributed by atoms with Crippen LogP contribution in [0.1, 0.15) is 17.3 Å². The van der Waals surface area contributed by atoms with E-state index < -0.39 is 11.7 Å². The Bertz CT molecular complexity index is 642. The highest BCUT2D eigenvalue weighted by atomic mass is 19.1. The summed E-state index contributed by atoms with van der Waals surface area (Å²) >= 11 is 0. The van der Waals surface area contributed by atoms with Gasteiger partial charge in [0.05, 0.1) is 5.69 Å². The Morgan fingerprint density at radius 3 is 2.35 bits per heavy atom. The third-order valence-electron chi connectivity index (χ3n) is 2.57. The molecule has 2 aromatic rings. The second kappa shape index (κ2) is 5.97. The largest absolute Gasteiger partial charge is 0.326 e. The van der Waals surface area contributed by atoms with E-state index in [1.807, 2.05) is 0 Å². The Kier molecular flexibility index (Phi) is 4.10. The van der Waals surface area contributed by atoms with Crippen molar-refractivity contribution in [3.05, 3.63) is 59.9 Å². The van der Waals surface area contributed by atoms with E-state index >= 15 is 0 Å². The van der Waals surface area contributed by atoms with E-state index in [4.69, 9.17) is 0 Å². The van der Waals surface area contributed by atoms with E-state index in [1.165, 1.54) is 25.1 Å². The molecule has 0 atom stereocenters. The van der Waals surface area contributed by atoms with Crippen molar-refractivity contribution in [3.8, 4) is 0 Å². The molecular weight excluding hydrogens is 259 g/mol. The van der Waals surface area contributed by atoms with Crippen LogP contribution in [0.25, 0.3) is 0 Å². The maximum atomic E-state index is 13.7. The average molecular weight is 272 g/mol. The number of benzene rings is 2. The normalized spacial score (nSPS) is 9.90. The molecule has 0 aliphatic carbocycles. The molecule has 5 heteroatoms. The van der Waals surface area contributed by atoms with Crippen molar-refractivity contribution in [2.45, 2.75) is 6.92 Å². The third kappa shape index (κ3) is 3.41. The van der Waals surface area contributed by atoms with Crippen LogP contribution in [0.5, 0.6) is 0 Å². The van der Waals surface area contributed by atoms with Crippen LogP contribution >= 0.6 is 0 Å². The molecule has 2 N–H and O–H groups in total. The fourth-order valence-corrected chi connectivity index (χ4v) is 1.69. The lowest BCUT2D eigenvalue weighted by atomic mass is 10.2. The number of nitrogens with one attached hydrogen (secondary N) is 2. The van der Waals surface area contributed by atoms with Crippen LogP contribution < -0.4 is 10.6 Å². The molecule has 2 aromatic carbocycles. The van der Waals surface area contributed by atoms with Crippen molar-refractivity contribution in [1.29, 1.82) is 0 Å². The Morgan fingerprint density at radius 2 is 1.70 bits per heavy atom. The second-order valence-corrected chi connectivity index (χ2v) is 4.20. The summed E-state index contributed by atoms with van der Waals surface area (Å²) in [5.41, 5.74) is 0.865. The predicted octanol–water partition coefficient (Wildman–Crippen LogP) is 3.04. The van der Waals surface area contributed by atoms with E-state index in [2.05, 4.69) is 10.6 Å². The summed E-state index contributed by atoms with van der Waals surface area (Å²) < 4.78 is 13.7. The molecule has 0 radical (unpaired) electrons. The minimum absolute atomic E-state index is 0.0186. The first-order chi connectivity index (χ1) is 9.56. The first-order valence-corrected chi connectivity index (χ1v) is 6.00. The van der Waals surface area contributed by atoms with Crippen molar-refractivity contribution in [2.24, 2.45) is 0 Å². The lowest BCUT2D eigenvalue weighted by Gasteiger charge is -2.09. The van der Waals surface area contributed by atoms with Crippen LogP contribution in [0.3, 0.4) is 0 Å². The highest BCUT2D eigenvalue weighted by Crippen LogP contribution is 2.20. The van der Waals surface area contributed by atoms with Crippen LogP contribution in [0.2, 0.25) is 0 Å². The molecule has 0 aliphatic heterocycles. The van der Waals surface area contributed by atoms with E-state index in [0.717, 1.165) is 0 Å². The van der Waals surface area contributed by atoms with Gasteiger partial charge in [0.25, 0.3) is 5.91 Å². The van der Waals surface area contributed by atoms with Gasteiger partial charge in [-0.2, -0.15) is 0 Å². The molecule has 102 valence electrons. The molecule has 0 saturated carbocycles. The summed E-state index contributed by atoms with van der Waals surface area (Å²) in [6.07, 6.45) is 0. The Balaban J connectivity index is 2.20. The number of carbonyl (C=O) groups excluding carboxylic acids is 2. The zero-order valence-electron chi connectivity index (χ0n) is 10.8. The van der Waals surface area contributed by atoms with Crippen LogP contribution in [-0.4, -0.2) is 11.8 Å². The molecule has 4 nitrogen and oxygen atoms in total. The molecule has 20 heavy (non-hydrogen) atoms. The number of rotatable bonds is 3. The fourth-order valence-electron chi connectivity index (χ4n) is 1.69. The Labute approximate surface area is 115 Å². The van der Waals surface area contributed by atoms with Gasteiger partial charge in [-0.05, 0) is 30.3 Å². The van der Waals surface area contributed by atoms with Gasteiger partial charge in [-0.3, -0.25) is 9.59 Å². The smallest absolute Gasteiger partial charge is 0.255 e. The summed E-state index contributed by atoms with van der Waals surface area (Å²) in [7, 11) is 0. The minimum atomic E-state index is -0.566. The standard InChI is InChI=1S/C15H13FN2O2/c1-10(19)17-12-7-8-13(16)14(9-12)18-15(20)11-5-3-2-4-6-11/h2-9H,1H3,(H,17,19)(H,18,20). The van der Waals surface area contributed by atoms with Crippen molar-refractivity contribution in [1.82, 2.24) is 0 Å². The lowest BCUT2D eigenvalue weighted by Crippen LogP contribution is -2.13. The molecule has 0 bridgehead atoms. The lowest BCUT2D eigenvalue weighted by molar-refractivity contribution is -0.114. The summed E-state index contributed by atoms with van der Waals surface area (Å²) in [4.78, 5) is 22.9. The van der Waals surface area contributed by atoms with Crippen molar-refractivity contribution in [2.75, 3.05) is 10.6 Å². The van der Waals surface area contributed by atoms with Gasteiger partial charge >= 0.3 is 0 Å². The first kappa shape index (κ1) is 13.7. The predicted molar refractivity (Wildman–Crippen MR) is 75.1 cm³/mol. The molecule has 0 aliphatic rings. The zero-order chi connectivity index (χ0) is 14.5. The van der Waals surface area contributed by atoms with Crippen LogP contribution in [0.15, 0.2) is 48.5 Å². The molecule has 0 heterocycles. The minimum Gasteiger partial charge on any atom is -0.326 e. The first-order valence-electron chi connectivity index (χ1n) is 6.00. The summed E-state index contributed by atoms with van der Waals surface area (Å²) in [6, 6.07) is 12.5. The van der Waals surface area contributed by atoms with Gasteiger partial charge < -0.3 is 10.6 Å². The highest BCUT2D eigenvalue weighted by molar-refractivity contribution is 6.04. The maximum absolute atomic E-state index is 13.7. The summed E-state index contributed by atoms with van der Waals surface area (Å²) in [6.45, 7) is 1.35. The molecule has 0 spiro atoms. The van der Waals surface area contributed by atoms with Gasteiger partial charge in [-0.15, -0.1) is 0 Å². The van der Waals surface area contributed by atoms with Crippen LogP contribution in [0, 0.1) is 5.82 Å². The molecule has 0 fully saturated rings. The number of hydrogen-bond donors (Lipinski definition) is 2. The molecule has 0 saturated heterocycles. The van der Waals surface area contributed by atoms with E-state index in [1.54, 1.807) is 30.3 Å². The fraction of sp³-hybridized carbons (Fsp3) is 0.0667. The van der Waals surface area contributed by atoms with Crippen molar-refractivity contribution >= 4 is 23.2 Å². The number of halogens is 1. The Morgan fingerprint density at radius 1 is 1.00 bits per heavy atom. The van der Waals surface area contributed by atoms with Gasteiger partial charge in [0.1, 0.15) is 5.82 Å². The average Bonchev–Trinajstić information content (AvgIpc) is 2.43. The molecular formula is C15H13FN2O2. The highest BCUT2D eigenvalue weighted by Gasteiger charge is 2.10. The van der Waals surface area contributed by atoms with Gasteiger partial charge in [-0.1, -0.05) is 18.2 Å². The Hall–Kier alpha value is -2.69. The second-order valence-electron chi connectivity index (χ2n) is 4.20. The van der Waals surface area contributed by atoms with Gasteiger partial charge in [0.2, 0.25) is 5.91 Å². The van der Waals surface area contributed by atoms with Crippen molar-refractivity contribution < 1.29 is 14.0 Å². The topological polar surface area (TPSA) is 58.2 Å². The molecule has 0 unspecified atom stereocenters. The maximum Gasteiger partial charge on any atom is 0.255 e. The van der Waals surface area contributed by atoms with Crippen LogP contribution in [0.4, 0.5) is 15.8 Å². The number of carbonyl (C=O) groups is 2. The quantitative estimate of drug-likeness (QED) is 0.902. The van der Waals surface area contributed by atoms with Gasteiger partial charge in [0.15, 0.2) is 0 Å². The summed E-state index contributed by atoms with van der Waals surface area (Å²) in [5, 5.41) is 5.00. The zero-order valence-corrected chi connectivity index (χ0v) is 10.8. The summed E-state index contributed by atoms with van der Waals surface area (Å²) in [5.74, 6) is -1.25. The van der Waals surface area contributed by atoms with E-state index in [9.17, 15) is 14.0 Å². The molecule has 2 rings (SSSR count). The SMILES string of the molecule is CC(=O)Nc1ccc(F)c(NC(=O)c2ccccc2)c1. The van der Waals surface area contributed by atoms with E-state index in [0.29, 0.717) is 11.3 Å². The third-order valence-corrected chi connectivity index (χ3v) is 2.57. The molecule has 0 aromatic heterocycles.